The Kier molecular flexibility index (Phi) is 3.99. The van der Waals surface area contributed by atoms with Gasteiger partial charge < -0.3 is 15.5 Å². The first-order valence-corrected chi connectivity index (χ1v) is 9.61. The van der Waals surface area contributed by atoms with Crippen LogP contribution in [0.2, 0.25) is 0 Å². The average molecular weight is 388 g/mol. The van der Waals surface area contributed by atoms with E-state index in [1.165, 1.54) is 23.5 Å². The number of carbonyl (C=O) groups excluding carboxylic acids is 2. The number of hydrogen-bond donors (Lipinski definition) is 1. The van der Waals surface area contributed by atoms with Gasteiger partial charge in [-0.3, -0.25) is 9.59 Å². The number of halogens is 1. The van der Waals surface area contributed by atoms with Crippen molar-refractivity contribution in [3.8, 4) is 10.4 Å². The number of anilines is 1. The number of hydrogen-bond acceptors (Lipinski definition) is 5. The number of benzene rings is 1. The van der Waals surface area contributed by atoms with E-state index in [2.05, 4.69) is 4.98 Å². The topological polar surface area (TPSA) is 79.5 Å². The Hall–Kier alpha value is -2.48. The van der Waals surface area contributed by atoms with Gasteiger partial charge >= 0.3 is 0 Å². The summed E-state index contributed by atoms with van der Waals surface area (Å²) < 4.78 is 13.7. The molecule has 0 unspecified atom stereocenters. The van der Waals surface area contributed by atoms with Crippen molar-refractivity contribution in [3.63, 3.8) is 0 Å². The molecule has 2 aromatic rings. The molecular weight excluding hydrogens is 367 g/mol. The number of aromatic nitrogens is 1. The minimum atomic E-state index is -0.589. The summed E-state index contributed by atoms with van der Waals surface area (Å²) in [5.74, 6) is -0.830. The van der Waals surface area contributed by atoms with Crippen LogP contribution in [0.3, 0.4) is 0 Å². The predicted molar refractivity (Wildman–Crippen MR) is 102 cm³/mol. The summed E-state index contributed by atoms with van der Waals surface area (Å²) in [6.07, 6.45) is 0.740. The molecule has 1 saturated carbocycles. The summed E-state index contributed by atoms with van der Waals surface area (Å²) in [5, 5.41) is 0.666. The van der Waals surface area contributed by atoms with E-state index in [4.69, 9.17) is 5.73 Å². The Labute approximate surface area is 160 Å². The molecule has 27 heavy (non-hydrogen) atoms. The zero-order chi connectivity index (χ0) is 19.5. The van der Waals surface area contributed by atoms with Gasteiger partial charge in [0.25, 0.3) is 5.91 Å². The van der Waals surface area contributed by atoms with Crippen molar-refractivity contribution >= 4 is 28.3 Å². The second-order valence-corrected chi connectivity index (χ2v) is 8.56. The molecule has 1 aliphatic carbocycles. The highest BCUT2D eigenvalue weighted by molar-refractivity contribution is 7.19. The smallest absolute Gasteiger partial charge is 0.274 e. The summed E-state index contributed by atoms with van der Waals surface area (Å²) in [7, 11) is 3.69. The predicted octanol–water partition coefficient (Wildman–Crippen LogP) is 2.35. The lowest BCUT2D eigenvalue weighted by atomic mass is 10.1. The van der Waals surface area contributed by atoms with Gasteiger partial charge in [-0.25, -0.2) is 9.37 Å². The molecule has 1 saturated heterocycles. The van der Waals surface area contributed by atoms with E-state index in [0.717, 1.165) is 6.42 Å². The average Bonchev–Trinajstić information content (AvgIpc) is 3.05. The number of amides is 2. The van der Waals surface area contributed by atoms with Gasteiger partial charge in [0.15, 0.2) is 5.13 Å². The zero-order valence-electron chi connectivity index (χ0n) is 15.4. The zero-order valence-corrected chi connectivity index (χ0v) is 16.2. The molecule has 6 nitrogen and oxygen atoms in total. The number of nitrogens with zero attached hydrogens (tertiary/aromatic N) is 3. The molecule has 8 heteroatoms. The van der Waals surface area contributed by atoms with E-state index < -0.39 is 5.41 Å². The lowest BCUT2D eigenvalue weighted by molar-refractivity contribution is -0.123. The van der Waals surface area contributed by atoms with Crippen molar-refractivity contribution in [2.24, 2.45) is 17.1 Å². The molecule has 2 fully saturated rings. The van der Waals surface area contributed by atoms with Gasteiger partial charge in [-0.05, 0) is 37.0 Å². The fourth-order valence-corrected chi connectivity index (χ4v) is 5.01. The molecule has 0 bridgehead atoms. The van der Waals surface area contributed by atoms with E-state index in [-0.39, 0.29) is 29.6 Å². The van der Waals surface area contributed by atoms with E-state index in [9.17, 15) is 14.0 Å². The summed E-state index contributed by atoms with van der Waals surface area (Å²) >= 11 is 1.34. The van der Waals surface area contributed by atoms with Crippen LogP contribution in [-0.4, -0.2) is 48.4 Å². The molecule has 1 aromatic heterocycles. The van der Waals surface area contributed by atoms with Gasteiger partial charge in [-0.1, -0.05) is 23.5 Å². The number of fused-ring (bicyclic) bond motifs is 1. The van der Waals surface area contributed by atoms with Crippen molar-refractivity contribution in [3.05, 3.63) is 35.8 Å². The molecule has 0 spiro atoms. The first-order valence-electron chi connectivity index (χ1n) is 8.79. The van der Waals surface area contributed by atoms with Crippen molar-refractivity contribution in [2.45, 2.75) is 19.4 Å². The van der Waals surface area contributed by atoms with Crippen molar-refractivity contribution in [1.82, 2.24) is 9.88 Å². The normalized spacial score (nSPS) is 26.0. The molecule has 2 amide bonds. The molecule has 2 N–H and O–H groups in total. The minimum Gasteiger partial charge on any atom is -0.369 e. The van der Waals surface area contributed by atoms with Crippen LogP contribution in [0.25, 0.3) is 10.4 Å². The van der Waals surface area contributed by atoms with Gasteiger partial charge in [0.05, 0.1) is 10.3 Å². The maximum atomic E-state index is 13.7. The Bertz CT molecular complexity index is 944. The van der Waals surface area contributed by atoms with Crippen LogP contribution in [0.4, 0.5) is 9.52 Å². The highest BCUT2D eigenvalue weighted by atomic mass is 32.1. The van der Waals surface area contributed by atoms with Gasteiger partial charge in [-0.2, -0.15) is 0 Å². The highest BCUT2D eigenvalue weighted by Gasteiger charge is 2.68. The Morgan fingerprint density at radius 1 is 1.41 bits per heavy atom. The van der Waals surface area contributed by atoms with Crippen molar-refractivity contribution in [1.29, 1.82) is 0 Å². The van der Waals surface area contributed by atoms with Crippen LogP contribution in [-0.2, 0) is 4.79 Å². The first kappa shape index (κ1) is 17.9. The number of rotatable bonds is 4. The molecular formula is C19H21FN4O2S. The molecule has 3 atom stereocenters. The molecule has 2 heterocycles. The SMILES string of the molecule is C[C@H]1[C@H]2C[C@]2(C(N)=O)CN1C(=O)c1nc(N(C)C)sc1-c1cccc(F)c1. The lowest BCUT2D eigenvalue weighted by Crippen LogP contribution is -2.39. The highest BCUT2D eigenvalue weighted by Crippen LogP contribution is 2.61. The minimum absolute atomic E-state index is 0.0742. The Morgan fingerprint density at radius 2 is 2.15 bits per heavy atom. The van der Waals surface area contributed by atoms with Gasteiger partial charge in [0, 0.05) is 26.7 Å². The summed E-state index contributed by atoms with van der Waals surface area (Å²) in [4.78, 5) is 33.8. The number of piperidine rings is 1. The van der Waals surface area contributed by atoms with E-state index in [1.54, 1.807) is 17.0 Å². The Morgan fingerprint density at radius 3 is 2.74 bits per heavy atom. The van der Waals surface area contributed by atoms with Gasteiger partial charge in [0.2, 0.25) is 5.91 Å². The van der Waals surface area contributed by atoms with Gasteiger partial charge in [-0.15, -0.1) is 0 Å². The summed E-state index contributed by atoms with van der Waals surface area (Å²) in [5.41, 5.74) is 5.90. The molecule has 1 aromatic carbocycles. The monoisotopic (exact) mass is 388 g/mol. The molecule has 142 valence electrons. The van der Waals surface area contributed by atoms with Crippen molar-refractivity contribution < 1.29 is 14.0 Å². The summed E-state index contributed by atoms with van der Waals surface area (Å²) in [6, 6.07) is 6.08. The van der Waals surface area contributed by atoms with Crippen LogP contribution >= 0.6 is 11.3 Å². The molecule has 4 rings (SSSR count). The second kappa shape index (κ2) is 6.02. The van der Waals surface area contributed by atoms with Crippen LogP contribution in [0.1, 0.15) is 23.8 Å². The van der Waals surface area contributed by atoms with Crippen LogP contribution in [0.5, 0.6) is 0 Å². The maximum absolute atomic E-state index is 13.7. The third kappa shape index (κ3) is 2.70. The third-order valence-electron chi connectivity index (χ3n) is 5.70. The third-order valence-corrected chi connectivity index (χ3v) is 6.97. The fourth-order valence-electron chi connectivity index (χ4n) is 4.04. The quantitative estimate of drug-likeness (QED) is 0.872. The Balaban J connectivity index is 1.73. The number of carbonyl (C=O) groups is 2. The van der Waals surface area contributed by atoms with Crippen molar-refractivity contribution in [2.75, 3.05) is 25.5 Å². The van der Waals surface area contributed by atoms with Gasteiger partial charge in [0.1, 0.15) is 11.5 Å². The lowest BCUT2D eigenvalue weighted by Gasteiger charge is -2.24. The number of nitrogens with two attached hydrogens (primary N) is 1. The number of likely N-dealkylation sites (tertiary alicyclic amines) is 1. The molecule has 2 aliphatic rings. The van der Waals surface area contributed by atoms with Crippen LogP contribution in [0, 0.1) is 17.2 Å². The second-order valence-electron chi connectivity index (χ2n) is 7.58. The standard InChI is InChI=1S/C19H21FN4O2S/c1-10-13-8-19(13,17(21)26)9-24(10)16(25)14-15(27-18(22-14)23(2)3)11-5-4-6-12(20)7-11/h4-7,10,13H,8-9H2,1-3H3,(H2,21,26)/t10-,13+,19-/m0/s1. The maximum Gasteiger partial charge on any atom is 0.274 e. The van der Waals surface area contributed by atoms with Crippen LogP contribution in [0.15, 0.2) is 24.3 Å². The first-order chi connectivity index (χ1) is 12.7. The number of thiazole rings is 1. The molecule has 1 aliphatic heterocycles. The van der Waals surface area contributed by atoms with E-state index in [1.807, 2.05) is 25.9 Å². The number of primary amides is 1. The van der Waals surface area contributed by atoms with E-state index >= 15 is 0 Å². The largest absolute Gasteiger partial charge is 0.369 e. The molecule has 0 radical (unpaired) electrons. The van der Waals surface area contributed by atoms with Crippen LogP contribution < -0.4 is 10.6 Å². The summed E-state index contributed by atoms with van der Waals surface area (Å²) in [6.45, 7) is 2.27. The fraction of sp³-hybridized carbons (Fsp3) is 0.421. The van der Waals surface area contributed by atoms with E-state index in [0.29, 0.717) is 27.8 Å².